The van der Waals surface area contributed by atoms with Gasteiger partial charge in [0.15, 0.2) is 5.11 Å². The van der Waals surface area contributed by atoms with E-state index in [0.717, 1.165) is 29.9 Å². The van der Waals surface area contributed by atoms with Crippen LogP contribution in [0.5, 0.6) is 0 Å². The summed E-state index contributed by atoms with van der Waals surface area (Å²) in [5.74, 6) is 1.81. The van der Waals surface area contributed by atoms with Gasteiger partial charge in [-0.15, -0.1) is 0 Å². The molecule has 0 amide bonds. The Morgan fingerprint density at radius 1 is 1.23 bits per heavy atom. The SMILES string of the molecule is S=C(NCCc1c[nH]c2ccccc12)N[C@H]1C[C@@H]2CC[C@@H]1C2. The molecule has 0 spiro atoms. The lowest BCUT2D eigenvalue weighted by molar-refractivity contribution is 0.389. The first-order chi connectivity index (χ1) is 10.8. The van der Waals surface area contributed by atoms with Gasteiger partial charge < -0.3 is 15.6 Å². The number of aromatic nitrogens is 1. The van der Waals surface area contributed by atoms with Crippen molar-refractivity contribution in [1.29, 1.82) is 0 Å². The third kappa shape index (κ3) is 2.72. The van der Waals surface area contributed by atoms with Gasteiger partial charge in [0.2, 0.25) is 0 Å². The predicted octanol–water partition coefficient (Wildman–Crippen LogP) is 3.36. The van der Waals surface area contributed by atoms with E-state index in [2.05, 4.69) is 46.1 Å². The van der Waals surface area contributed by atoms with Crippen LogP contribution in [0.4, 0.5) is 0 Å². The Hall–Kier alpha value is -1.55. The Morgan fingerprint density at radius 2 is 2.14 bits per heavy atom. The van der Waals surface area contributed by atoms with E-state index in [-0.39, 0.29) is 0 Å². The summed E-state index contributed by atoms with van der Waals surface area (Å²) in [5.41, 5.74) is 2.56. The topological polar surface area (TPSA) is 39.9 Å². The fourth-order valence-electron chi connectivity index (χ4n) is 4.29. The highest BCUT2D eigenvalue weighted by molar-refractivity contribution is 7.80. The molecular weight excluding hydrogens is 290 g/mol. The van der Waals surface area contributed by atoms with E-state index in [0.29, 0.717) is 6.04 Å². The number of benzene rings is 1. The van der Waals surface area contributed by atoms with Crippen LogP contribution in [0.15, 0.2) is 30.5 Å². The van der Waals surface area contributed by atoms with E-state index < -0.39 is 0 Å². The Labute approximate surface area is 136 Å². The Bertz CT molecular complexity index is 678. The Kier molecular flexibility index (Phi) is 3.78. The standard InChI is InChI=1S/C18H23N3S/c22-18(21-17-10-12-5-6-13(17)9-12)19-8-7-14-11-20-16-4-2-1-3-15(14)16/h1-4,11-13,17,20H,5-10H2,(H2,19,21,22)/t12-,13-,17+/m1/s1. The zero-order valence-electron chi connectivity index (χ0n) is 12.8. The minimum atomic E-state index is 0.617. The molecule has 3 atom stereocenters. The molecule has 4 rings (SSSR count). The number of para-hydroxylation sites is 1. The fraction of sp³-hybridized carbons (Fsp3) is 0.500. The summed E-state index contributed by atoms with van der Waals surface area (Å²) in [6.45, 7) is 0.883. The molecule has 2 aliphatic rings. The summed E-state index contributed by atoms with van der Waals surface area (Å²) in [4.78, 5) is 3.33. The Balaban J connectivity index is 1.27. The van der Waals surface area contributed by atoms with Crippen molar-refractivity contribution in [3.05, 3.63) is 36.0 Å². The van der Waals surface area contributed by atoms with Crippen molar-refractivity contribution in [3.8, 4) is 0 Å². The summed E-state index contributed by atoms with van der Waals surface area (Å²) in [6, 6.07) is 9.07. The van der Waals surface area contributed by atoms with Crippen molar-refractivity contribution in [2.45, 2.75) is 38.1 Å². The van der Waals surface area contributed by atoms with Crippen molar-refractivity contribution in [1.82, 2.24) is 15.6 Å². The van der Waals surface area contributed by atoms with Gasteiger partial charge in [0, 0.05) is 29.7 Å². The predicted molar refractivity (Wildman–Crippen MR) is 95.0 cm³/mol. The average molecular weight is 313 g/mol. The average Bonchev–Trinajstić information content (AvgIpc) is 3.23. The highest BCUT2D eigenvalue weighted by atomic mass is 32.1. The summed E-state index contributed by atoms with van der Waals surface area (Å²) in [5, 5.41) is 9.07. The first-order valence-corrected chi connectivity index (χ1v) is 8.80. The van der Waals surface area contributed by atoms with Gasteiger partial charge in [-0.3, -0.25) is 0 Å². The van der Waals surface area contributed by atoms with Crippen LogP contribution in [0.2, 0.25) is 0 Å². The second kappa shape index (κ2) is 5.92. The number of H-pyrrole nitrogens is 1. The fourth-order valence-corrected chi connectivity index (χ4v) is 4.54. The molecule has 1 aromatic carbocycles. The van der Waals surface area contributed by atoms with Crippen molar-refractivity contribution < 1.29 is 0 Å². The van der Waals surface area contributed by atoms with E-state index in [1.165, 1.54) is 42.1 Å². The van der Waals surface area contributed by atoms with Crippen LogP contribution in [-0.2, 0) is 6.42 Å². The number of thiocarbonyl (C=S) groups is 1. The molecule has 0 saturated heterocycles. The minimum absolute atomic E-state index is 0.617. The van der Waals surface area contributed by atoms with E-state index in [1.807, 2.05) is 0 Å². The number of fused-ring (bicyclic) bond motifs is 3. The quantitative estimate of drug-likeness (QED) is 0.758. The number of hydrogen-bond acceptors (Lipinski definition) is 1. The number of hydrogen-bond donors (Lipinski definition) is 3. The minimum Gasteiger partial charge on any atom is -0.362 e. The van der Waals surface area contributed by atoms with E-state index in [1.54, 1.807) is 0 Å². The third-order valence-corrected chi connectivity index (χ3v) is 5.67. The lowest BCUT2D eigenvalue weighted by atomic mass is 9.96. The smallest absolute Gasteiger partial charge is 0.166 e. The van der Waals surface area contributed by atoms with Crippen LogP contribution in [0.3, 0.4) is 0 Å². The molecule has 116 valence electrons. The highest BCUT2D eigenvalue weighted by Crippen LogP contribution is 2.44. The molecule has 2 bridgehead atoms. The van der Waals surface area contributed by atoms with Gasteiger partial charge in [-0.05, 0) is 61.4 Å². The summed E-state index contributed by atoms with van der Waals surface area (Å²) >= 11 is 5.47. The molecule has 2 aromatic rings. The maximum Gasteiger partial charge on any atom is 0.166 e. The molecule has 1 heterocycles. The van der Waals surface area contributed by atoms with Gasteiger partial charge in [-0.25, -0.2) is 0 Å². The Morgan fingerprint density at radius 3 is 2.95 bits per heavy atom. The second-order valence-corrected chi connectivity index (χ2v) is 7.20. The van der Waals surface area contributed by atoms with Gasteiger partial charge in [0.1, 0.15) is 0 Å². The molecule has 0 unspecified atom stereocenters. The van der Waals surface area contributed by atoms with Gasteiger partial charge >= 0.3 is 0 Å². The number of nitrogens with one attached hydrogen (secondary N) is 3. The van der Waals surface area contributed by atoms with E-state index >= 15 is 0 Å². The van der Waals surface area contributed by atoms with Crippen molar-refractivity contribution in [3.63, 3.8) is 0 Å². The van der Waals surface area contributed by atoms with Gasteiger partial charge in [0.05, 0.1) is 0 Å². The van der Waals surface area contributed by atoms with Crippen LogP contribution in [0, 0.1) is 11.8 Å². The van der Waals surface area contributed by atoms with Crippen LogP contribution < -0.4 is 10.6 Å². The van der Waals surface area contributed by atoms with Gasteiger partial charge in [0.25, 0.3) is 0 Å². The molecule has 0 aliphatic heterocycles. The van der Waals surface area contributed by atoms with E-state index in [4.69, 9.17) is 12.2 Å². The van der Waals surface area contributed by atoms with Crippen molar-refractivity contribution in [2.75, 3.05) is 6.54 Å². The summed E-state index contributed by atoms with van der Waals surface area (Å²) in [6.07, 6.45) is 8.65. The summed E-state index contributed by atoms with van der Waals surface area (Å²) < 4.78 is 0. The van der Waals surface area contributed by atoms with Gasteiger partial charge in [-0.2, -0.15) is 0 Å². The third-order valence-electron chi connectivity index (χ3n) is 5.41. The molecule has 4 heteroatoms. The number of aromatic amines is 1. The molecule has 2 fully saturated rings. The summed E-state index contributed by atoms with van der Waals surface area (Å²) in [7, 11) is 0. The van der Waals surface area contributed by atoms with Gasteiger partial charge in [-0.1, -0.05) is 24.6 Å². The molecule has 22 heavy (non-hydrogen) atoms. The largest absolute Gasteiger partial charge is 0.362 e. The number of rotatable bonds is 4. The lowest BCUT2D eigenvalue weighted by Crippen LogP contribution is -2.44. The van der Waals surface area contributed by atoms with Crippen LogP contribution >= 0.6 is 12.2 Å². The lowest BCUT2D eigenvalue weighted by Gasteiger charge is -2.24. The molecule has 2 aliphatic carbocycles. The van der Waals surface area contributed by atoms with Crippen LogP contribution in [0.1, 0.15) is 31.2 Å². The molecular formula is C18H23N3S. The maximum absolute atomic E-state index is 5.47. The molecule has 2 saturated carbocycles. The van der Waals surface area contributed by atoms with Crippen molar-refractivity contribution >= 4 is 28.2 Å². The zero-order valence-corrected chi connectivity index (χ0v) is 13.6. The molecule has 3 nitrogen and oxygen atoms in total. The molecule has 1 aromatic heterocycles. The molecule has 0 radical (unpaired) electrons. The first kappa shape index (κ1) is 14.1. The monoisotopic (exact) mass is 313 g/mol. The highest BCUT2D eigenvalue weighted by Gasteiger charge is 2.39. The maximum atomic E-state index is 5.47. The van der Waals surface area contributed by atoms with Crippen LogP contribution in [-0.4, -0.2) is 22.7 Å². The molecule has 3 N–H and O–H groups in total. The van der Waals surface area contributed by atoms with E-state index in [9.17, 15) is 0 Å². The zero-order chi connectivity index (χ0) is 14.9. The van der Waals surface area contributed by atoms with Crippen molar-refractivity contribution in [2.24, 2.45) is 11.8 Å². The first-order valence-electron chi connectivity index (χ1n) is 8.39. The van der Waals surface area contributed by atoms with Crippen LogP contribution in [0.25, 0.3) is 10.9 Å². The second-order valence-electron chi connectivity index (χ2n) is 6.79. The normalized spacial score (nSPS) is 26.5.